The van der Waals surface area contributed by atoms with Gasteiger partial charge >= 0.3 is 5.97 Å². The second kappa shape index (κ2) is 5.98. The highest BCUT2D eigenvalue weighted by atomic mass is 16.7. The first kappa shape index (κ1) is 11.5. The van der Waals surface area contributed by atoms with Crippen molar-refractivity contribution in [3.63, 3.8) is 0 Å². The topological polar surface area (TPSA) is 35.5 Å². The minimum atomic E-state index is -0.560. The van der Waals surface area contributed by atoms with Crippen molar-refractivity contribution < 1.29 is 14.3 Å². The van der Waals surface area contributed by atoms with Gasteiger partial charge in [-0.25, -0.2) is 4.79 Å². The van der Waals surface area contributed by atoms with Crippen molar-refractivity contribution >= 4 is 5.97 Å². The van der Waals surface area contributed by atoms with E-state index in [1.807, 2.05) is 30.3 Å². The maximum absolute atomic E-state index is 10.8. The van der Waals surface area contributed by atoms with Crippen LogP contribution in [0.3, 0.4) is 0 Å². The monoisotopic (exact) mass is 206 g/mol. The van der Waals surface area contributed by atoms with Gasteiger partial charge in [-0.2, -0.15) is 0 Å². The van der Waals surface area contributed by atoms with Crippen LogP contribution in [0.2, 0.25) is 0 Å². The van der Waals surface area contributed by atoms with Crippen LogP contribution >= 0.6 is 0 Å². The highest BCUT2D eigenvalue weighted by Gasteiger charge is 2.05. The van der Waals surface area contributed by atoms with Crippen LogP contribution in [0.4, 0.5) is 0 Å². The molecule has 1 aromatic carbocycles. The molecule has 3 nitrogen and oxygen atoms in total. The second-order valence-corrected chi connectivity index (χ2v) is 3.01. The molecule has 1 atom stereocenters. The van der Waals surface area contributed by atoms with Crippen molar-refractivity contribution in [2.45, 2.75) is 19.8 Å². The van der Waals surface area contributed by atoms with E-state index in [4.69, 9.17) is 9.47 Å². The van der Waals surface area contributed by atoms with E-state index in [0.717, 1.165) is 11.6 Å². The summed E-state index contributed by atoms with van der Waals surface area (Å²) in [5, 5.41) is 0. The van der Waals surface area contributed by atoms with Crippen molar-refractivity contribution in [3.8, 4) is 0 Å². The molecule has 0 N–H and O–H groups in total. The summed E-state index contributed by atoms with van der Waals surface area (Å²) in [5.74, 6) is -0.476. The summed E-state index contributed by atoms with van der Waals surface area (Å²) in [6.07, 6.45) is 0.554. The molecular formula is C12H14O3. The third-order valence-electron chi connectivity index (χ3n) is 1.78. The van der Waals surface area contributed by atoms with Crippen molar-refractivity contribution in [1.82, 2.24) is 0 Å². The number of ether oxygens (including phenoxy) is 2. The van der Waals surface area contributed by atoms with E-state index in [9.17, 15) is 4.79 Å². The van der Waals surface area contributed by atoms with Gasteiger partial charge in [0, 0.05) is 6.08 Å². The van der Waals surface area contributed by atoms with E-state index < -0.39 is 12.3 Å². The minimum Gasteiger partial charge on any atom is -0.433 e. The molecule has 0 heterocycles. The molecule has 0 amide bonds. The summed E-state index contributed by atoms with van der Waals surface area (Å²) < 4.78 is 10.2. The molecule has 3 heteroatoms. The molecule has 0 aliphatic carbocycles. The molecule has 80 valence electrons. The Labute approximate surface area is 89.3 Å². The predicted molar refractivity (Wildman–Crippen MR) is 57.0 cm³/mol. The Kier molecular flexibility index (Phi) is 4.57. The number of carbonyl (C=O) groups is 1. The summed E-state index contributed by atoms with van der Waals surface area (Å²) in [4.78, 5) is 10.8. The zero-order valence-corrected chi connectivity index (χ0v) is 8.68. The summed E-state index contributed by atoms with van der Waals surface area (Å²) in [7, 11) is 0. The Morgan fingerprint density at radius 1 is 1.47 bits per heavy atom. The Morgan fingerprint density at radius 3 is 2.73 bits per heavy atom. The molecular weight excluding hydrogens is 192 g/mol. The fourth-order valence-corrected chi connectivity index (χ4v) is 1.03. The van der Waals surface area contributed by atoms with Gasteiger partial charge in [-0.15, -0.1) is 0 Å². The number of esters is 1. The first-order valence-corrected chi connectivity index (χ1v) is 4.71. The second-order valence-electron chi connectivity index (χ2n) is 3.01. The van der Waals surface area contributed by atoms with E-state index in [0.29, 0.717) is 6.61 Å². The fourth-order valence-electron chi connectivity index (χ4n) is 1.03. The van der Waals surface area contributed by atoms with E-state index in [1.165, 1.54) is 0 Å². The standard InChI is InChI=1S/C12H14O3/c1-3-12(13)15-10(2)14-9-11-7-5-4-6-8-11/h3-8,10H,1,9H2,2H3. The Hall–Kier alpha value is -1.61. The Balaban J connectivity index is 2.31. The van der Waals surface area contributed by atoms with Crippen LogP contribution in [0.1, 0.15) is 12.5 Å². The van der Waals surface area contributed by atoms with Gasteiger partial charge in [-0.3, -0.25) is 0 Å². The molecule has 0 fully saturated rings. The van der Waals surface area contributed by atoms with E-state index >= 15 is 0 Å². The molecule has 0 bridgehead atoms. The molecule has 1 aromatic rings. The normalized spacial score (nSPS) is 11.8. The van der Waals surface area contributed by atoms with Crippen LogP contribution in [0.5, 0.6) is 0 Å². The lowest BCUT2D eigenvalue weighted by atomic mass is 10.2. The molecule has 0 spiro atoms. The Bertz CT molecular complexity index is 319. The molecule has 0 aliphatic heterocycles. The summed E-state index contributed by atoms with van der Waals surface area (Å²) in [6, 6.07) is 9.69. The minimum absolute atomic E-state index is 0.423. The fraction of sp³-hybridized carbons (Fsp3) is 0.250. The molecule has 1 unspecified atom stereocenters. The lowest BCUT2D eigenvalue weighted by molar-refractivity contribution is -0.171. The lowest BCUT2D eigenvalue weighted by Gasteiger charge is -2.12. The highest BCUT2D eigenvalue weighted by Crippen LogP contribution is 2.04. The third kappa shape index (κ3) is 4.42. The average molecular weight is 206 g/mol. The number of carbonyl (C=O) groups excluding carboxylic acids is 1. The zero-order chi connectivity index (χ0) is 11.1. The van der Waals surface area contributed by atoms with E-state index in [2.05, 4.69) is 6.58 Å². The van der Waals surface area contributed by atoms with Crippen LogP contribution in [-0.2, 0) is 20.9 Å². The van der Waals surface area contributed by atoms with Gasteiger partial charge in [0.1, 0.15) is 0 Å². The van der Waals surface area contributed by atoms with Gasteiger partial charge in [0.05, 0.1) is 6.61 Å². The van der Waals surface area contributed by atoms with Gasteiger partial charge in [-0.05, 0) is 12.5 Å². The van der Waals surface area contributed by atoms with Crippen molar-refractivity contribution in [2.24, 2.45) is 0 Å². The van der Waals surface area contributed by atoms with Crippen LogP contribution in [-0.4, -0.2) is 12.3 Å². The smallest absolute Gasteiger partial charge is 0.332 e. The SMILES string of the molecule is C=CC(=O)OC(C)OCc1ccccc1. The molecule has 0 aliphatic rings. The molecule has 0 radical (unpaired) electrons. The third-order valence-corrected chi connectivity index (χ3v) is 1.78. The van der Waals surface area contributed by atoms with Crippen molar-refractivity contribution in [3.05, 3.63) is 48.6 Å². The quantitative estimate of drug-likeness (QED) is 0.421. The maximum atomic E-state index is 10.8. The summed E-state index contributed by atoms with van der Waals surface area (Å²) in [5.41, 5.74) is 1.04. The number of hydrogen-bond acceptors (Lipinski definition) is 3. The maximum Gasteiger partial charge on any atom is 0.332 e. The average Bonchev–Trinajstić information content (AvgIpc) is 2.27. The van der Waals surface area contributed by atoms with Gasteiger partial charge in [0.2, 0.25) is 6.29 Å². The first-order chi connectivity index (χ1) is 7.22. The van der Waals surface area contributed by atoms with Crippen molar-refractivity contribution in [2.75, 3.05) is 0 Å². The predicted octanol–water partition coefficient (Wildman–Crippen LogP) is 2.28. The largest absolute Gasteiger partial charge is 0.433 e. The van der Waals surface area contributed by atoms with Gasteiger partial charge in [-0.1, -0.05) is 36.9 Å². The summed E-state index contributed by atoms with van der Waals surface area (Å²) in [6.45, 7) is 5.40. The lowest BCUT2D eigenvalue weighted by Crippen LogP contribution is -2.16. The van der Waals surface area contributed by atoms with Crippen LogP contribution < -0.4 is 0 Å². The Morgan fingerprint density at radius 2 is 2.13 bits per heavy atom. The van der Waals surface area contributed by atoms with Crippen LogP contribution in [0, 0.1) is 0 Å². The highest BCUT2D eigenvalue weighted by molar-refractivity contribution is 5.81. The van der Waals surface area contributed by atoms with E-state index in [-0.39, 0.29) is 0 Å². The number of hydrogen-bond donors (Lipinski definition) is 0. The van der Waals surface area contributed by atoms with Crippen molar-refractivity contribution in [1.29, 1.82) is 0 Å². The van der Waals surface area contributed by atoms with Gasteiger partial charge in [0.15, 0.2) is 0 Å². The number of benzene rings is 1. The molecule has 1 rings (SSSR count). The molecule has 0 saturated heterocycles. The molecule has 0 aromatic heterocycles. The molecule has 15 heavy (non-hydrogen) atoms. The van der Waals surface area contributed by atoms with Crippen LogP contribution in [0.25, 0.3) is 0 Å². The molecule has 0 saturated carbocycles. The van der Waals surface area contributed by atoms with E-state index in [1.54, 1.807) is 6.92 Å². The van der Waals surface area contributed by atoms with Crippen LogP contribution in [0.15, 0.2) is 43.0 Å². The summed E-state index contributed by atoms with van der Waals surface area (Å²) >= 11 is 0. The van der Waals surface area contributed by atoms with Gasteiger partial charge < -0.3 is 9.47 Å². The first-order valence-electron chi connectivity index (χ1n) is 4.71. The van der Waals surface area contributed by atoms with Gasteiger partial charge in [0.25, 0.3) is 0 Å². The zero-order valence-electron chi connectivity index (χ0n) is 8.68. The number of rotatable bonds is 5.